The van der Waals surface area contributed by atoms with Gasteiger partial charge in [0.25, 0.3) is 5.91 Å². The Labute approximate surface area is 176 Å². The Morgan fingerprint density at radius 3 is 2.20 bits per heavy atom. The molecule has 0 bridgehead atoms. The molecule has 7 heteroatoms. The van der Waals surface area contributed by atoms with E-state index < -0.39 is 0 Å². The summed E-state index contributed by atoms with van der Waals surface area (Å²) >= 11 is 0. The van der Waals surface area contributed by atoms with Crippen LogP contribution in [-0.2, 0) is 9.53 Å². The largest absolute Gasteiger partial charge is 0.497 e. The third kappa shape index (κ3) is 4.47. The third-order valence-electron chi connectivity index (χ3n) is 5.55. The molecule has 158 valence electrons. The number of amides is 1. The number of methoxy groups -OCH3 is 2. The minimum atomic E-state index is -0.137. The van der Waals surface area contributed by atoms with Gasteiger partial charge in [-0.3, -0.25) is 9.69 Å². The molecule has 2 aromatic rings. The molecule has 2 aromatic carbocycles. The van der Waals surface area contributed by atoms with Crippen molar-refractivity contribution in [2.45, 2.75) is 12.5 Å². The molecule has 0 saturated carbocycles. The number of hydrogen-bond donors (Lipinski definition) is 0. The van der Waals surface area contributed by atoms with Gasteiger partial charge in [-0.15, -0.1) is 0 Å². The van der Waals surface area contributed by atoms with Crippen molar-refractivity contribution in [3.63, 3.8) is 0 Å². The average molecular weight is 409 g/mol. The molecule has 2 aliphatic heterocycles. The second-order valence-electron chi connectivity index (χ2n) is 7.40. The number of ether oxygens (including phenoxy) is 3. The molecule has 30 heavy (non-hydrogen) atoms. The SMILES string of the molecule is COc1ccc(C2=NN(C(=O)CN3CCOCC3)C(c3ccc(OC)cc3)C2)cc1. The van der Waals surface area contributed by atoms with Crippen LogP contribution < -0.4 is 9.47 Å². The number of nitrogens with zero attached hydrogens (tertiary/aromatic N) is 3. The van der Waals surface area contributed by atoms with E-state index in [-0.39, 0.29) is 11.9 Å². The van der Waals surface area contributed by atoms with E-state index in [9.17, 15) is 4.79 Å². The van der Waals surface area contributed by atoms with E-state index in [0.29, 0.717) is 26.2 Å². The molecule has 1 saturated heterocycles. The normalized spacial score (nSPS) is 19.5. The molecular weight excluding hydrogens is 382 g/mol. The number of carbonyl (C=O) groups is 1. The van der Waals surface area contributed by atoms with Crippen molar-refractivity contribution in [3.8, 4) is 11.5 Å². The zero-order valence-corrected chi connectivity index (χ0v) is 17.4. The van der Waals surface area contributed by atoms with Crippen LogP contribution in [0.4, 0.5) is 0 Å². The minimum absolute atomic E-state index is 0.00114. The summed E-state index contributed by atoms with van der Waals surface area (Å²) in [4.78, 5) is 15.3. The Bertz CT molecular complexity index is 890. The quantitative estimate of drug-likeness (QED) is 0.734. The van der Waals surface area contributed by atoms with Crippen LogP contribution in [0.25, 0.3) is 0 Å². The maximum absolute atomic E-state index is 13.2. The molecule has 4 rings (SSSR count). The summed E-state index contributed by atoms with van der Waals surface area (Å²) in [7, 11) is 3.29. The van der Waals surface area contributed by atoms with Crippen LogP contribution in [0.1, 0.15) is 23.6 Å². The fourth-order valence-electron chi connectivity index (χ4n) is 3.81. The van der Waals surface area contributed by atoms with Gasteiger partial charge in [-0.2, -0.15) is 5.10 Å². The van der Waals surface area contributed by atoms with Crippen molar-refractivity contribution in [1.29, 1.82) is 0 Å². The predicted molar refractivity (Wildman–Crippen MR) is 114 cm³/mol. The molecule has 7 nitrogen and oxygen atoms in total. The van der Waals surface area contributed by atoms with Gasteiger partial charge >= 0.3 is 0 Å². The summed E-state index contributed by atoms with van der Waals surface area (Å²) in [6.45, 7) is 3.20. The standard InChI is InChI=1S/C23H27N3O4/c1-28-19-7-3-17(4-8-19)21-15-22(18-5-9-20(29-2)10-6-18)26(24-21)23(27)16-25-11-13-30-14-12-25/h3-10,22H,11-16H2,1-2H3. The highest BCUT2D eigenvalue weighted by Gasteiger charge is 2.34. The lowest BCUT2D eigenvalue weighted by Crippen LogP contribution is -2.43. The van der Waals surface area contributed by atoms with Crippen LogP contribution in [0.3, 0.4) is 0 Å². The monoisotopic (exact) mass is 409 g/mol. The van der Waals surface area contributed by atoms with Gasteiger partial charge in [0.1, 0.15) is 11.5 Å². The first-order valence-electron chi connectivity index (χ1n) is 10.2. The molecule has 1 unspecified atom stereocenters. The van der Waals surface area contributed by atoms with Crippen molar-refractivity contribution < 1.29 is 19.0 Å². The fourth-order valence-corrected chi connectivity index (χ4v) is 3.81. The van der Waals surface area contributed by atoms with Gasteiger partial charge in [-0.25, -0.2) is 5.01 Å². The maximum atomic E-state index is 13.2. The Kier molecular flexibility index (Phi) is 6.30. The number of benzene rings is 2. The smallest absolute Gasteiger partial charge is 0.257 e. The van der Waals surface area contributed by atoms with Gasteiger partial charge in [0.05, 0.1) is 45.7 Å². The Balaban J connectivity index is 1.58. The molecule has 1 fully saturated rings. The van der Waals surface area contributed by atoms with Gasteiger partial charge in [0.2, 0.25) is 0 Å². The Morgan fingerprint density at radius 1 is 1.00 bits per heavy atom. The van der Waals surface area contributed by atoms with E-state index >= 15 is 0 Å². The second-order valence-corrected chi connectivity index (χ2v) is 7.40. The van der Waals surface area contributed by atoms with E-state index in [0.717, 1.165) is 41.4 Å². The van der Waals surface area contributed by atoms with Gasteiger partial charge < -0.3 is 14.2 Å². The van der Waals surface area contributed by atoms with Crippen LogP contribution in [0.5, 0.6) is 11.5 Å². The van der Waals surface area contributed by atoms with Gasteiger partial charge in [0, 0.05) is 19.5 Å². The highest BCUT2D eigenvalue weighted by molar-refractivity contribution is 6.03. The Hall–Kier alpha value is -2.90. The Morgan fingerprint density at radius 2 is 1.60 bits per heavy atom. The van der Waals surface area contributed by atoms with Gasteiger partial charge in [0.15, 0.2) is 0 Å². The molecule has 0 radical (unpaired) electrons. The average Bonchev–Trinajstić information content (AvgIpc) is 3.25. The second kappa shape index (κ2) is 9.28. The summed E-state index contributed by atoms with van der Waals surface area (Å²) < 4.78 is 15.9. The molecule has 0 aromatic heterocycles. The molecule has 2 heterocycles. The highest BCUT2D eigenvalue weighted by atomic mass is 16.5. The summed E-state index contributed by atoms with van der Waals surface area (Å²) in [6, 6.07) is 15.5. The van der Waals surface area contributed by atoms with Crippen LogP contribution in [0, 0.1) is 0 Å². The van der Waals surface area contributed by atoms with Crippen LogP contribution in [0.2, 0.25) is 0 Å². The van der Waals surface area contributed by atoms with Gasteiger partial charge in [-0.05, 0) is 47.5 Å². The molecule has 0 spiro atoms. The number of carbonyl (C=O) groups excluding carboxylic acids is 1. The van der Waals surface area contributed by atoms with E-state index in [2.05, 4.69) is 4.90 Å². The van der Waals surface area contributed by atoms with Gasteiger partial charge in [-0.1, -0.05) is 12.1 Å². The number of morpholine rings is 1. The molecular formula is C23H27N3O4. The lowest BCUT2D eigenvalue weighted by Gasteiger charge is -2.29. The first kappa shape index (κ1) is 20.4. The van der Waals surface area contributed by atoms with Crippen molar-refractivity contribution in [3.05, 3.63) is 59.7 Å². The van der Waals surface area contributed by atoms with Crippen molar-refractivity contribution >= 4 is 11.6 Å². The molecule has 1 atom stereocenters. The summed E-state index contributed by atoms with van der Waals surface area (Å²) in [5, 5.41) is 6.40. The van der Waals surface area contributed by atoms with Crippen LogP contribution in [0.15, 0.2) is 53.6 Å². The zero-order chi connectivity index (χ0) is 20.9. The number of hydrazone groups is 1. The highest BCUT2D eigenvalue weighted by Crippen LogP contribution is 2.34. The molecule has 1 amide bonds. The summed E-state index contributed by atoms with van der Waals surface area (Å²) in [5.41, 5.74) is 2.93. The zero-order valence-electron chi connectivity index (χ0n) is 17.4. The van der Waals surface area contributed by atoms with E-state index in [4.69, 9.17) is 19.3 Å². The van der Waals surface area contributed by atoms with Crippen LogP contribution in [-0.4, -0.2) is 68.6 Å². The summed E-state index contributed by atoms with van der Waals surface area (Å²) in [6.07, 6.45) is 0.660. The lowest BCUT2D eigenvalue weighted by atomic mass is 9.98. The molecule has 2 aliphatic rings. The van der Waals surface area contributed by atoms with Crippen molar-refractivity contribution in [2.24, 2.45) is 5.10 Å². The van der Waals surface area contributed by atoms with Crippen molar-refractivity contribution in [2.75, 3.05) is 47.1 Å². The van der Waals surface area contributed by atoms with Crippen LogP contribution >= 0.6 is 0 Å². The van der Waals surface area contributed by atoms with E-state index in [1.807, 2.05) is 48.5 Å². The topological polar surface area (TPSA) is 63.6 Å². The number of hydrogen-bond acceptors (Lipinski definition) is 6. The maximum Gasteiger partial charge on any atom is 0.257 e. The minimum Gasteiger partial charge on any atom is -0.497 e. The molecule has 0 aliphatic carbocycles. The first-order valence-corrected chi connectivity index (χ1v) is 10.2. The van der Waals surface area contributed by atoms with E-state index in [1.54, 1.807) is 19.2 Å². The predicted octanol–water partition coefficient (Wildman–Crippen LogP) is 2.71. The third-order valence-corrected chi connectivity index (χ3v) is 5.55. The number of rotatable bonds is 6. The summed E-state index contributed by atoms with van der Waals surface area (Å²) in [5.74, 6) is 1.59. The fraction of sp³-hybridized carbons (Fsp3) is 0.391. The van der Waals surface area contributed by atoms with E-state index in [1.165, 1.54) is 0 Å². The lowest BCUT2D eigenvalue weighted by molar-refractivity contribution is -0.135. The van der Waals surface area contributed by atoms with Crippen molar-refractivity contribution in [1.82, 2.24) is 9.91 Å². The molecule has 0 N–H and O–H groups in total. The first-order chi connectivity index (χ1) is 14.7.